The van der Waals surface area contributed by atoms with Crippen molar-refractivity contribution in [2.45, 2.75) is 0 Å². The van der Waals surface area contributed by atoms with E-state index in [1.807, 2.05) is 0 Å². The van der Waals surface area contributed by atoms with Gasteiger partial charge in [-0.15, -0.1) is 0 Å². The van der Waals surface area contributed by atoms with Gasteiger partial charge in [-0.3, -0.25) is 0 Å². The van der Waals surface area contributed by atoms with Crippen molar-refractivity contribution in [1.29, 1.82) is 0 Å². The Morgan fingerprint density at radius 1 is 1.00 bits per heavy atom. The summed E-state index contributed by atoms with van der Waals surface area (Å²) in [6, 6.07) is 0. The smallest absolute Gasteiger partial charge is 0.0694 e. The first-order valence-electron chi connectivity index (χ1n) is 2.08. The van der Waals surface area contributed by atoms with Crippen LogP contribution in [0.2, 0.25) is 0 Å². The van der Waals surface area contributed by atoms with Gasteiger partial charge >= 0.3 is 0 Å². The first kappa shape index (κ1) is 4.11. The third kappa shape index (κ3) is 1.21. The fourth-order valence-electron chi connectivity index (χ4n) is 0.316. The molecule has 2 heteroatoms. The van der Waals surface area contributed by atoms with Crippen molar-refractivity contribution in [1.82, 2.24) is 0 Å². The lowest BCUT2D eigenvalue weighted by Gasteiger charge is -1.74. The van der Waals surface area contributed by atoms with E-state index in [-0.39, 0.29) is 0 Å². The SMILES string of the molecule is C1=C=NCCN=C=1. The summed E-state index contributed by atoms with van der Waals surface area (Å²) >= 11 is 0. The molecule has 0 amide bonds. The van der Waals surface area contributed by atoms with Crippen molar-refractivity contribution >= 4 is 11.7 Å². The highest BCUT2D eigenvalue weighted by atomic mass is 14.8. The second kappa shape index (κ2) is 2.17. The fourth-order valence-corrected chi connectivity index (χ4v) is 0.316. The molecular formula is C5H4N2. The number of hydrogen-bond acceptors (Lipinski definition) is 2. The Balaban J connectivity index is 3.00. The second-order valence-electron chi connectivity index (χ2n) is 1.11. The van der Waals surface area contributed by atoms with Crippen LogP contribution in [0, 0.1) is 0 Å². The van der Waals surface area contributed by atoms with Crippen molar-refractivity contribution < 1.29 is 0 Å². The molecule has 0 unspecified atom stereocenters. The van der Waals surface area contributed by atoms with Crippen molar-refractivity contribution in [2.24, 2.45) is 9.98 Å². The molecule has 0 atom stereocenters. The molecule has 1 rings (SSSR count). The van der Waals surface area contributed by atoms with Crippen LogP contribution < -0.4 is 0 Å². The Kier molecular flexibility index (Phi) is 1.28. The normalized spacial score (nSPS) is 14.9. The minimum atomic E-state index is 0.722. The summed E-state index contributed by atoms with van der Waals surface area (Å²) in [5.74, 6) is 5.03. The van der Waals surface area contributed by atoms with Crippen molar-refractivity contribution in [2.75, 3.05) is 13.1 Å². The Labute approximate surface area is 41.6 Å². The summed E-state index contributed by atoms with van der Waals surface area (Å²) in [5.41, 5.74) is 2.51. The monoisotopic (exact) mass is 92.0 g/mol. The van der Waals surface area contributed by atoms with E-state index in [2.05, 4.69) is 27.5 Å². The van der Waals surface area contributed by atoms with Crippen LogP contribution in [-0.2, 0) is 0 Å². The minimum Gasteiger partial charge on any atom is -0.233 e. The first-order valence-corrected chi connectivity index (χ1v) is 2.08. The van der Waals surface area contributed by atoms with Gasteiger partial charge in [0.2, 0.25) is 0 Å². The molecule has 0 bridgehead atoms. The Morgan fingerprint density at radius 2 is 1.57 bits per heavy atom. The summed E-state index contributed by atoms with van der Waals surface area (Å²) in [6.45, 7) is 1.44. The molecule has 0 spiro atoms. The lowest BCUT2D eigenvalue weighted by molar-refractivity contribution is 0.992. The van der Waals surface area contributed by atoms with E-state index >= 15 is 0 Å². The van der Waals surface area contributed by atoms with Gasteiger partial charge in [0.1, 0.15) is 0 Å². The molecule has 0 aromatic carbocycles. The van der Waals surface area contributed by atoms with Gasteiger partial charge in [0.15, 0.2) is 0 Å². The predicted molar refractivity (Wildman–Crippen MR) is 28.1 cm³/mol. The summed E-state index contributed by atoms with van der Waals surface area (Å²) in [6.07, 6.45) is 0. The van der Waals surface area contributed by atoms with Gasteiger partial charge < -0.3 is 0 Å². The van der Waals surface area contributed by atoms with Crippen LogP contribution in [0.5, 0.6) is 0 Å². The molecular weight excluding hydrogens is 88.1 g/mol. The lowest BCUT2D eigenvalue weighted by atomic mass is 10.7. The maximum atomic E-state index is 3.75. The van der Waals surface area contributed by atoms with E-state index in [1.54, 1.807) is 0 Å². The first-order chi connectivity index (χ1) is 3.50. The molecule has 0 fully saturated rings. The highest BCUT2D eigenvalue weighted by Gasteiger charge is 1.73. The standard InChI is InChI=1S/C5H4N2/c1-2-6-4-5-7-3-1/h4-5H2. The number of nitrogens with zero attached hydrogens (tertiary/aromatic N) is 2. The number of aliphatic imine (C=N–C) groups is 2. The van der Waals surface area contributed by atoms with Gasteiger partial charge in [-0.1, -0.05) is 0 Å². The zero-order chi connectivity index (χ0) is 4.95. The topological polar surface area (TPSA) is 24.7 Å². The maximum Gasteiger partial charge on any atom is 0.0694 e. The molecule has 0 radical (unpaired) electrons. The van der Waals surface area contributed by atoms with Crippen LogP contribution in [0.15, 0.2) is 15.7 Å². The van der Waals surface area contributed by atoms with E-state index in [0.29, 0.717) is 0 Å². The third-order valence-electron chi connectivity index (χ3n) is 0.594. The largest absolute Gasteiger partial charge is 0.233 e. The molecule has 0 aromatic heterocycles. The van der Waals surface area contributed by atoms with Gasteiger partial charge in [0.05, 0.1) is 13.1 Å². The molecule has 7 heavy (non-hydrogen) atoms. The van der Waals surface area contributed by atoms with E-state index in [1.165, 1.54) is 0 Å². The van der Waals surface area contributed by atoms with E-state index in [0.717, 1.165) is 13.1 Å². The fraction of sp³-hybridized carbons (Fsp3) is 0.400. The Morgan fingerprint density at radius 3 is 2.14 bits per heavy atom. The van der Waals surface area contributed by atoms with E-state index < -0.39 is 0 Å². The van der Waals surface area contributed by atoms with E-state index in [9.17, 15) is 0 Å². The molecule has 0 saturated carbocycles. The Hall–Kier alpha value is -1.06. The number of hydrogen-bond donors (Lipinski definition) is 0. The molecule has 0 aliphatic carbocycles. The summed E-state index contributed by atoms with van der Waals surface area (Å²) in [4.78, 5) is 7.51. The highest BCUT2D eigenvalue weighted by molar-refractivity contribution is 5.66. The summed E-state index contributed by atoms with van der Waals surface area (Å²) in [7, 11) is 0. The second-order valence-corrected chi connectivity index (χ2v) is 1.11. The molecule has 34 valence electrons. The average molecular weight is 92.1 g/mol. The van der Waals surface area contributed by atoms with Gasteiger partial charge in [-0.05, 0) is 0 Å². The van der Waals surface area contributed by atoms with E-state index in [4.69, 9.17) is 0 Å². The van der Waals surface area contributed by atoms with Crippen LogP contribution in [0.25, 0.3) is 0 Å². The lowest BCUT2D eigenvalue weighted by Crippen LogP contribution is -1.80. The number of rotatable bonds is 0. The third-order valence-corrected chi connectivity index (χ3v) is 0.594. The average Bonchev–Trinajstić information content (AvgIpc) is 1.90. The molecule has 0 N–H and O–H groups in total. The van der Waals surface area contributed by atoms with Crippen LogP contribution in [-0.4, -0.2) is 24.8 Å². The summed E-state index contributed by atoms with van der Waals surface area (Å²) in [5, 5.41) is 0. The molecule has 0 saturated heterocycles. The molecule has 1 aliphatic rings. The summed E-state index contributed by atoms with van der Waals surface area (Å²) < 4.78 is 0. The maximum absolute atomic E-state index is 3.75. The van der Waals surface area contributed by atoms with Crippen molar-refractivity contribution in [3.8, 4) is 0 Å². The van der Waals surface area contributed by atoms with Gasteiger partial charge in [0.25, 0.3) is 0 Å². The molecule has 1 heterocycles. The zero-order valence-corrected chi connectivity index (χ0v) is 3.81. The quantitative estimate of drug-likeness (QED) is 0.377. The van der Waals surface area contributed by atoms with Gasteiger partial charge in [-0.2, -0.15) is 0 Å². The van der Waals surface area contributed by atoms with Crippen molar-refractivity contribution in [3.63, 3.8) is 0 Å². The molecule has 2 nitrogen and oxygen atoms in total. The van der Waals surface area contributed by atoms with Crippen LogP contribution >= 0.6 is 0 Å². The Bertz CT molecular complexity index is 156. The molecule has 0 aromatic rings. The highest BCUT2D eigenvalue weighted by Crippen LogP contribution is 1.69. The minimum absolute atomic E-state index is 0.722. The zero-order valence-electron chi connectivity index (χ0n) is 3.81. The van der Waals surface area contributed by atoms with Crippen molar-refractivity contribution in [3.05, 3.63) is 5.73 Å². The van der Waals surface area contributed by atoms with Crippen LogP contribution in [0.1, 0.15) is 0 Å². The van der Waals surface area contributed by atoms with Gasteiger partial charge in [-0.25, -0.2) is 9.98 Å². The van der Waals surface area contributed by atoms with Crippen LogP contribution in [0.4, 0.5) is 0 Å². The van der Waals surface area contributed by atoms with Crippen LogP contribution in [0.3, 0.4) is 0 Å². The van der Waals surface area contributed by atoms with Gasteiger partial charge in [0, 0.05) is 17.5 Å². The molecule has 1 aliphatic heterocycles. The predicted octanol–water partition coefficient (Wildman–Crippen LogP) is 0.0507.